The number of unbranched alkanes of at least 4 members (excludes halogenated alkanes) is 1. The van der Waals surface area contributed by atoms with Gasteiger partial charge in [0.15, 0.2) is 0 Å². The molecule has 1 N–H and O–H groups in total. The Labute approximate surface area is 136 Å². The van der Waals surface area contributed by atoms with E-state index in [0.29, 0.717) is 0 Å². The third-order valence-electron chi connectivity index (χ3n) is 5.47. The number of hydrogen-bond acceptors (Lipinski definition) is 0. The Bertz CT molecular complexity index is 554. The molecule has 1 aromatic carbocycles. The van der Waals surface area contributed by atoms with Gasteiger partial charge in [0.1, 0.15) is 0 Å². The summed E-state index contributed by atoms with van der Waals surface area (Å²) >= 11 is 0. The topological polar surface area (TPSA) is 15.8 Å². The fraction of sp³-hybridized carbons (Fsp3) is 0.619. The highest BCUT2D eigenvalue weighted by Gasteiger charge is 2.23. The van der Waals surface area contributed by atoms with Crippen LogP contribution in [-0.4, -0.2) is 4.98 Å². The Morgan fingerprint density at radius 1 is 1.00 bits per heavy atom. The molecule has 0 saturated heterocycles. The lowest BCUT2D eigenvalue weighted by atomic mass is 9.76. The van der Waals surface area contributed by atoms with Crippen molar-refractivity contribution in [2.24, 2.45) is 17.8 Å². The first-order chi connectivity index (χ1) is 10.7. The van der Waals surface area contributed by atoms with Crippen LogP contribution >= 0.6 is 0 Å². The van der Waals surface area contributed by atoms with Crippen molar-refractivity contribution >= 4 is 10.9 Å². The average molecular weight is 300 g/mol. The van der Waals surface area contributed by atoms with Crippen LogP contribution in [0, 0.1) is 17.8 Å². The van der Waals surface area contributed by atoms with E-state index in [1.165, 1.54) is 55.0 Å². The predicted molar refractivity (Wildman–Crippen MR) is 98.3 cm³/mol. The minimum Gasteiger partial charge on any atom is -0.361 e. The third-order valence-corrected chi connectivity index (χ3v) is 5.47. The Hall–Kier alpha value is -1.24. The molecule has 122 valence electrons. The van der Waals surface area contributed by atoms with E-state index in [2.05, 4.69) is 63.1 Å². The van der Waals surface area contributed by atoms with Gasteiger partial charge in [0.2, 0.25) is 0 Å². The SMILES string of the molecule is CCCCC(C)C(C)C(CCC)Cc1c[nH]c2ccccc12. The van der Waals surface area contributed by atoms with E-state index in [-0.39, 0.29) is 0 Å². The van der Waals surface area contributed by atoms with Crippen LogP contribution in [0.25, 0.3) is 10.9 Å². The zero-order valence-electron chi connectivity index (χ0n) is 14.9. The molecule has 0 fully saturated rings. The van der Waals surface area contributed by atoms with Gasteiger partial charge in [0.05, 0.1) is 0 Å². The fourth-order valence-corrected chi connectivity index (χ4v) is 3.76. The van der Waals surface area contributed by atoms with Crippen molar-refractivity contribution in [3.8, 4) is 0 Å². The van der Waals surface area contributed by atoms with E-state index in [0.717, 1.165) is 17.8 Å². The van der Waals surface area contributed by atoms with Crippen LogP contribution < -0.4 is 0 Å². The van der Waals surface area contributed by atoms with Crippen LogP contribution in [0.15, 0.2) is 30.5 Å². The summed E-state index contributed by atoms with van der Waals surface area (Å²) < 4.78 is 0. The van der Waals surface area contributed by atoms with E-state index in [1.54, 1.807) is 0 Å². The van der Waals surface area contributed by atoms with Gasteiger partial charge < -0.3 is 4.98 Å². The maximum absolute atomic E-state index is 3.44. The molecule has 2 aromatic rings. The molecule has 1 heteroatoms. The van der Waals surface area contributed by atoms with E-state index < -0.39 is 0 Å². The highest BCUT2D eigenvalue weighted by atomic mass is 14.7. The number of para-hydroxylation sites is 1. The lowest BCUT2D eigenvalue weighted by molar-refractivity contribution is 0.232. The zero-order valence-corrected chi connectivity index (χ0v) is 14.9. The first kappa shape index (κ1) is 17.1. The van der Waals surface area contributed by atoms with E-state index >= 15 is 0 Å². The van der Waals surface area contributed by atoms with Crippen LogP contribution in [-0.2, 0) is 6.42 Å². The quantitative estimate of drug-likeness (QED) is 0.537. The lowest BCUT2D eigenvalue weighted by Gasteiger charge is -2.29. The highest BCUT2D eigenvalue weighted by molar-refractivity contribution is 5.83. The maximum Gasteiger partial charge on any atom is 0.0456 e. The van der Waals surface area contributed by atoms with Crippen LogP contribution in [0.1, 0.15) is 65.4 Å². The van der Waals surface area contributed by atoms with Crippen LogP contribution in [0.3, 0.4) is 0 Å². The fourth-order valence-electron chi connectivity index (χ4n) is 3.76. The van der Waals surface area contributed by atoms with E-state index in [1.807, 2.05) is 0 Å². The van der Waals surface area contributed by atoms with Gasteiger partial charge in [-0.15, -0.1) is 0 Å². The molecule has 0 amide bonds. The molecular weight excluding hydrogens is 266 g/mol. The maximum atomic E-state index is 3.44. The average Bonchev–Trinajstić information content (AvgIpc) is 2.94. The van der Waals surface area contributed by atoms with Gasteiger partial charge in [-0.2, -0.15) is 0 Å². The number of nitrogens with one attached hydrogen (secondary N) is 1. The standard InChI is InChI=1S/C21H33N/c1-5-7-11-16(3)17(4)18(10-6-2)14-19-15-22-21-13-9-8-12-20(19)21/h8-9,12-13,15-18,22H,5-7,10-11,14H2,1-4H3. The van der Waals surface area contributed by atoms with Gasteiger partial charge in [0, 0.05) is 17.1 Å². The summed E-state index contributed by atoms with van der Waals surface area (Å²) in [6.45, 7) is 9.56. The Kier molecular flexibility index (Phi) is 6.54. The third kappa shape index (κ3) is 4.15. The molecule has 3 atom stereocenters. The molecule has 0 saturated carbocycles. The second-order valence-corrected chi connectivity index (χ2v) is 7.09. The second kappa shape index (κ2) is 8.41. The normalized spacial score (nSPS) is 15.8. The highest BCUT2D eigenvalue weighted by Crippen LogP contribution is 2.32. The van der Waals surface area contributed by atoms with E-state index in [9.17, 15) is 0 Å². The summed E-state index contributed by atoms with van der Waals surface area (Å²) in [5.41, 5.74) is 2.78. The Balaban J connectivity index is 2.10. The summed E-state index contributed by atoms with van der Waals surface area (Å²) in [7, 11) is 0. The number of fused-ring (bicyclic) bond motifs is 1. The molecule has 1 heterocycles. The molecule has 0 aliphatic rings. The van der Waals surface area contributed by atoms with Gasteiger partial charge in [-0.05, 0) is 35.8 Å². The Morgan fingerprint density at radius 2 is 1.77 bits per heavy atom. The van der Waals surface area contributed by atoms with Crippen molar-refractivity contribution in [1.82, 2.24) is 4.98 Å². The van der Waals surface area contributed by atoms with Crippen molar-refractivity contribution in [3.63, 3.8) is 0 Å². The predicted octanol–water partition coefficient (Wildman–Crippen LogP) is 6.59. The molecule has 2 rings (SSSR count). The molecule has 0 radical (unpaired) electrons. The van der Waals surface area contributed by atoms with Crippen LogP contribution in [0.5, 0.6) is 0 Å². The molecule has 0 spiro atoms. The first-order valence-corrected chi connectivity index (χ1v) is 9.22. The van der Waals surface area contributed by atoms with Gasteiger partial charge in [-0.25, -0.2) is 0 Å². The molecule has 1 aromatic heterocycles. The van der Waals surface area contributed by atoms with E-state index in [4.69, 9.17) is 0 Å². The van der Waals surface area contributed by atoms with Gasteiger partial charge in [-0.1, -0.05) is 78.0 Å². The first-order valence-electron chi connectivity index (χ1n) is 9.22. The molecule has 0 bridgehead atoms. The number of rotatable bonds is 9. The number of aromatic nitrogens is 1. The summed E-state index contributed by atoms with van der Waals surface area (Å²) in [4.78, 5) is 3.44. The molecule has 0 aliphatic heterocycles. The molecule has 22 heavy (non-hydrogen) atoms. The minimum absolute atomic E-state index is 0.802. The molecule has 0 aliphatic carbocycles. The smallest absolute Gasteiger partial charge is 0.0456 e. The lowest BCUT2D eigenvalue weighted by Crippen LogP contribution is -2.21. The number of H-pyrrole nitrogens is 1. The van der Waals surface area contributed by atoms with Crippen molar-refractivity contribution in [2.45, 2.75) is 66.2 Å². The number of aromatic amines is 1. The van der Waals surface area contributed by atoms with Gasteiger partial charge >= 0.3 is 0 Å². The molecule has 1 nitrogen and oxygen atoms in total. The molecule has 3 unspecified atom stereocenters. The number of hydrogen-bond donors (Lipinski definition) is 1. The summed E-state index contributed by atoms with van der Waals surface area (Å²) in [5, 5.41) is 1.41. The van der Waals surface area contributed by atoms with Crippen molar-refractivity contribution in [1.29, 1.82) is 0 Å². The van der Waals surface area contributed by atoms with Crippen LogP contribution in [0.4, 0.5) is 0 Å². The monoisotopic (exact) mass is 299 g/mol. The summed E-state index contributed by atoms with van der Waals surface area (Å²) in [6.07, 6.45) is 10.2. The van der Waals surface area contributed by atoms with Gasteiger partial charge in [0.25, 0.3) is 0 Å². The minimum atomic E-state index is 0.802. The number of benzene rings is 1. The largest absolute Gasteiger partial charge is 0.361 e. The van der Waals surface area contributed by atoms with Crippen molar-refractivity contribution in [3.05, 3.63) is 36.0 Å². The second-order valence-electron chi connectivity index (χ2n) is 7.09. The molecular formula is C21H33N. The van der Waals surface area contributed by atoms with Crippen LogP contribution in [0.2, 0.25) is 0 Å². The van der Waals surface area contributed by atoms with Crippen molar-refractivity contribution in [2.75, 3.05) is 0 Å². The summed E-state index contributed by atoms with van der Waals surface area (Å²) in [5.74, 6) is 2.44. The summed E-state index contributed by atoms with van der Waals surface area (Å²) in [6, 6.07) is 8.71. The zero-order chi connectivity index (χ0) is 15.9. The van der Waals surface area contributed by atoms with Crippen molar-refractivity contribution < 1.29 is 0 Å². The van der Waals surface area contributed by atoms with Gasteiger partial charge in [-0.3, -0.25) is 0 Å². The Morgan fingerprint density at radius 3 is 2.50 bits per heavy atom.